The van der Waals surface area contributed by atoms with Gasteiger partial charge in [0.2, 0.25) is 0 Å². The summed E-state index contributed by atoms with van der Waals surface area (Å²) in [5.41, 5.74) is 0. The van der Waals surface area contributed by atoms with Crippen LogP contribution in [0.1, 0.15) is 0 Å². The van der Waals surface area contributed by atoms with Crippen LogP contribution in [-0.4, -0.2) is 9.97 Å². The molecule has 0 saturated heterocycles. The average molecular weight is 123 g/mol. The molecule has 33 valence electrons. The van der Waals surface area contributed by atoms with Crippen LogP contribution in [0.5, 0.6) is 0 Å². The summed E-state index contributed by atoms with van der Waals surface area (Å²) in [7, 11) is 0. The molecule has 0 fully saturated rings. The first-order valence-electron chi connectivity index (χ1n) is 0.797. The second-order valence-corrected chi connectivity index (χ2v) is 0.606. The van der Waals surface area contributed by atoms with Gasteiger partial charge in [-0.3, -0.25) is 0 Å². The number of hydrogen-bond donors (Lipinski definition) is 0. The van der Waals surface area contributed by atoms with Gasteiger partial charge in [0.05, 0.1) is 0 Å². The van der Waals surface area contributed by atoms with Gasteiger partial charge in [0.15, 0.2) is 0 Å². The van der Waals surface area contributed by atoms with Crippen LogP contribution >= 0.6 is 0 Å². The molecule has 5 heavy (non-hydrogen) atoms. The third-order valence-electron chi connectivity index (χ3n) is 0.0636. The van der Waals surface area contributed by atoms with Crippen LogP contribution in [-0.2, 0) is 15.6 Å². The van der Waals surface area contributed by atoms with E-state index in [2.05, 4.69) is 15.6 Å². The van der Waals surface area contributed by atoms with E-state index in [1.165, 1.54) is 0 Å². The van der Waals surface area contributed by atoms with Crippen molar-refractivity contribution in [2.75, 3.05) is 0 Å². The molecule has 0 aromatic heterocycles. The summed E-state index contributed by atoms with van der Waals surface area (Å²) in [6, 6.07) is 0. The van der Waals surface area contributed by atoms with Crippen molar-refractivity contribution in [1.82, 2.24) is 0 Å². The summed E-state index contributed by atoms with van der Waals surface area (Å²) in [6.07, 6.45) is 0. The zero-order valence-corrected chi connectivity index (χ0v) is 3.08. The van der Waals surface area contributed by atoms with Crippen molar-refractivity contribution >= 4 is 5.04 Å². The summed E-state index contributed by atoms with van der Waals surface area (Å²) in [5.74, 6) is 0. The number of nitro groups is 1. The predicted molar refractivity (Wildman–Crippen MR) is 13.1 cm³/mol. The summed E-state index contributed by atoms with van der Waals surface area (Å²) in [4.78, 5) is 8.31. The standard InChI is InChI=1S/CHNO2.Cu/c1-2(3)4;/h1H;. The first-order chi connectivity index (χ1) is 2.27. The van der Waals surface area contributed by atoms with E-state index in [9.17, 15) is 0 Å². The van der Waals surface area contributed by atoms with Crippen LogP contribution in [0.2, 0.25) is 0 Å². The maximum absolute atomic E-state index is 9.01. The zero-order chi connectivity index (χ0) is 4.28. The molecule has 0 aliphatic carbocycles. The van der Waals surface area contributed by atoms with Crippen LogP contribution in [0.4, 0.5) is 0 Å². The van der Waals surface area contributed by atoms with Crippen LogP contribution in [0.15, 0.2) is 0 Å². The maximum atomic E-state index is 9.01. The molecule has 0 aliphatic rings. The molecule has 0 saturated carbocycles. The molecule has 0 aliphatic heterocycles. The van der Waals surface area contributed by atoms with E-state index in [1.54, 1.807) is 0 Å². The summed E-state index contributed by atoms with van der Waals surface area (Å²) in [6.45, 7) is 0. The molecule has 3 nitrogen and oxygen atoms in total. The molecule has 0 N–H and O–H groups in total. The zero-order valence-electron chi connectivity index (χ0n) is 2.14. The average Bonchev–Trinajstić information content (AvgIpc) is 1.38. The summed E-state index contributed by atoms with van der Waals surface area (Å²) < 4.78 is 0. The Morgan fingerprint density at radius 3 is 2.20 bits per heavy atom. The van der Waals surface area contributed by atoms with Gasteiger partial charge in [-0.2, -0.15) is 0 Å². The van der Waals surface area contributed by atoms with Gasteiger partial charge in [-0.1, -0.05) is 0 Å². The second kappa shape index (κ2) is 2.05. The fraction of sp³-hybridized carbons (Fsp3) is 0. The first-order valence-corrected chi connectivity index (χ1v) is 1.34. The second-order valence-electron chi connectivity index (χ2n) is 0.363. The van der Waals surface area contributed by atoms with Crippen molar-refractivity contribution in [3.8, 4) is 0 Å². The summed E-state index contributed by atoms with van der Waals surface area (Å²) in [5, 5.41) is 9.46. The molecule has 0 bridgehead atoms. The van der Waals surface area contributed by atoms with E-state index in [-0.39, 0.29) is 0 Å². The molecular weight excluding hydrogens is 122 g/mol. The van der Waals surface area contributed by atoms with E-state index < -0.39 is 4.92 Å². The third kappa shape index (κ3) is 3.79. The van der Waals surface area contributed by atoms with Gasteiger partial charge in [0, 0.05) is 0 Å². The molecule has 0 unspecified atom stereocenters. The van der Waals surface area contributed by atoms with Gasteiger partial charge < -0.3 is 0 Å². The van der Waals surface area contributed by atoms with Gasteiger partial charge in [-0.25, -0.2) is 0 Å². The van der Waals surface area contributed by atoms with Crippen molar-refractivity contribution in [2.24, 2.45) is 0 Å². The molecule has 0 radical (unpaired) electrons. The Bertz CT molecular complexity index is 60.7. The van der Waals surface area contributed by atoms with Crippen molar-refractivity contribution in [3.63, 3.8) is 0 Å². The Labute approximate surface area is 36.5 Å². The molecule has 0 aromatic carbocycles. The molecular formula is CHCuNO2. The van der Waals surface area contributed by atoms with E-state index in [1.807, 2.05) is 0 Å². The molecule has 0 rings (SSSR count). The number of rotatable bonds is 1. The van der Waals surface area contributed by atoms with Crippen LogP contribution < -0.4 is 0 Å². The Hall–Kier alpha value is -0.211. The molecule has 4 heteroatoms. The molecule has 0 heterocycles. The van der Waals surface area contributed by atoms with Gasteiger partial charge in [0.25, 0.3) is 0 Å². The van der Waals surface area contributed by atoms with E-state index in [4.69, 9.17) is 10.1 Å². The SMILES string of the molecule is O=[N+]([O-])[CH]=[Cu]. The van der Waals surface area contributed by atoms with E-state index in [0.29, 0.717) is 5.04 Å². The van der Waals surface area contributed by atoms with Crippen LogP contribution in [0.25, 0.3) is 0 Å². The molecule has 0 aromatic rings. The van der Waals surface area contributed by atoms with Crippen LogP contribution in [0.3, 0.4) is 0 Å². The normalized spacial score (nSPS) is 6.80. The van der Waals surface area contributed by atoms with Crippen molar-refractivity contribution < 1.29 is 20.5 Å². The fourth-order valence-corrected chi connectivity index (χ4v) is 0. The van der Waals surface area contributed by atoms with Crippen molar-refractivity contribution in [1.29, 1.82) is 0 Å². The fourth-order valence-electron chi connectivity index (χ4n) is 0. The number of nitrogens with zero attached hydrogens (tertiary/aromatic N) is 1. The Morgan fingerprint density at radius 1 is 2.00 bits per heavy atom. The Kier molecular flexibility index (Phi) is 1.97. The van der Waals surface area contributed by atoms with Gasteiger partial charge in [-0.15, -0.1) is 0 Å². The van der Waals surface area contributed by atoms with Crippen LogP contribution in [0, 0.1) is 10.1 Å². The van der Waals surface area contributed by atoms with Gasteiger partial charge >= 0.3 is 35.7 Å². The van der Waals surface area contributed by atoms with E-state index >= 15 is 0 Å². The first kappa shape index (κ1) is 4.79. The molecule has 0 amide bonds. The van der Waals surface area contributed by atoms with E-state index in [0.717, 1.165) is 0 Å². The minimum absolute atomic E-state index is 0.451. The molecule has 0 spiro atoms. The Balaban J connectivity index is 3.20. The predicted octanol–water partition coefficient (Wildman–Crippen LogP) is -0.430. The number of hydrogen-bond acceptors (Lipinski definition) is 2. The van der Waals surface area contributed by atoms with Crippen molar-refractivity contribution in [3.05, 3.63) is 10.1 Å². The summed E-state index contributed by atoms with van der Waals surface area (Å²) >= 11 is 3.98. The van der Waals surface area contributed by atoms with Crippen molar-refractivity contribution in [2.45, 2.75) is 0 Å². The quantitative estimate of drug-likeness (QED) is 0.269. The Morgan fingerprint density at radius 2 is 2.20 bits per heavy atom. The monoisotopic (exact) mass is 122 g/mol. The van der Waals surface area contributed by atoms with Gasteiger partial charge in [-0.05, 0) is 0 Å². The topological polar surface area (TPSA) is 43.1 Å². The molecule has 0 atom stereocenters. The minimum atomic E-state index is -0.694. The third-order valence-corrected chi connectivity index (χ3v) is 0.262. The van der Waals surface area contributed by atoms with Gasteiger partial charge in [0.1, 0.15) is 0 Å².